The Labute approximate surface area is 349 Å². The molecule has 1 aromatic heterocycles. The van der Waals surface area contributed by atoms with Crippen molar-refractivity contribution in [3.05, 3.63) is 45.9 Å². The zero-order chi connectivity index (χ0) is 43.2. The van der Waals surface area contributed by atoms with Crippen LogP contribution in [0.15, 0.2) is 29.6 Å². The van der Waals surface area contributed by atoms with Crippen LogP contribution in [0.5, 0.6) is 5.75 Å². The lowest BCUT2D eigenvalue weighted by Crippen LogP contribution is -2.56. The van der Waals surface area contributed by atoms with Crippen LogP contribution in [0.4, 0.5) is 0 Å². The van der Waals surface area contributed by atoms with Crippen LogP contribution in [-0.2, 0) is 30.3 Å². The molecule has 0 spiro atoms. The van der Waals surface area contributed by atoms with Gasteiger partial charge in [-0.05, 0) is 89.0 Å². The molecule has 2 aromatic rings. The Bertz CT molecular complexity index is 1650. The molecule has 13 nitrogen and oxygen atoms in total. The SMILES string of the molecule is CCCCCCN(C(=O)[C@@H](NC(=O)C[C@@]1(C)CCCN1)[C@@H](C)CC)[C@H](C[C@@H](OC(C)=O)c1nc(C(=O)N[C@@H](Cc2ccc(O)cc2)CC(C)(C)C(=O)O)cs1)C(C)C. The van der Waals surface area contributed by atoms with E-state index in [9.17, 15) is 34.2 Å². The third-order valence-corrected chi connectivity index (χ3v) is 12.3. The van der Waals surface area contributed by atoms with Crippen LogP contribution >= 0.6 is 11.3 Å². The van der Waals surface area contributed by atoms with Gasteiger partial charge in [0.1, 0.15) is 22.5 Å². The van der Waals surface area contributed by atoms with Gasteiger partial charge in [0.2, 0.25) is 11.8 Å². The summed E-state index contributed by atoms with van der Waals surface area (Å²) in [7, 11) is 0. The van der Waals surface area contributed by atoms with Crippen molar-refractivity contribution in [3.8, 4) is 5.75 Å². The summed E-state index contributed by atoms with van der Waals surface area (Å²) in [5, 5.41) is 31.2. The molecule has 1 aliphatic heterocycles. The number of rotatable bonds is 24. The highest BCUT2D eigenvalue weighted by Gasteiger charge is 2.39. The minimum atomic E-state index is -1.14. The summed E-state index contributed by atoms with van der Waals surface area (Å²) in [6.07, 6.45) is 6.43. The average Bonchev–Trinajstić information content (AvgIpc) is 3.82. The minimum Gasteiger partial charge on any atom is -0.508 e. The number of unbranched alkanes of at least 4 members (excludes halogenated alkanes) is 3. The van der Waals surface area contributed by atoms with Crippen LogP contribution in [0.1, 0.15) is 154 Å². The summed E-state index contributed by atoms with van der Waals surface area (Å²) in [6, 6.07) is 4.82. The highest BCUT2D eigenvalue weighted by atomic mass is 32.1. The molecule has 1 aliphatic rings. The summed E-state index contributed by atoms with van der Waals surface area (Å²) in [6.45, 7) is 18.1. The minimum absolute atomic E-state index is 0.0657. The van der Waals surface area contributed by atoms with Crippen molar-refractivity contribution in [2.45, 2.75) is 163 Å². The molecule has 1 saturated heterocycles. The average molecular weight is 828 g/mol. The monoisotopic (exact) mass is 827 g/mol. The van der Waals surface area contributed by atoms with E-state index in [0.717, 1.165) is 50.6 Å². The quantitative estimate of drug-likeness (QED) is 0.0536. The molecule has 6 atom stereocenters. The van der Waals surface area contributed by atoms with Gasteiger partial charge in [0.15, 0.2) is 6.10 Å². The molecule has 58 heavy (non-hydrogen) atoms. The molecule has 0 saturated carbocycles. The van der Waals surface area contributed by atoms with Gasteiger partial charge in [-0.1, -0.05) is 72.4 Å². The first-order chi connectivity index (χ1) is 27.3. The molecule has 3 rings (SSSR count). The van der Waals surface area contributed by atoms with Gasteiger partial charge in [0, 0.05) is 49.3 Å². The van der Waals surface area contributed by atoms with Crippen molar-refractivity contribution in [3.63, 3.8) is 0 Å². The van der Waals surface area contributed by atoms with Gasteiger partial charge in [0.25, 0.3) is 5.91 Å². The molecule has 0 aliphatic carbocycles. The number of amides is 3. The number of phenolic OH excluding ortho intramolecular Hbond substituents is 1. The van der Waals surface area contributed by atoms with Crippen molar-refractivity contribution < 1.29 is 38.9 Å². The number of carbonyl (C=O) groups excluding carboxylic acids is 4. The van der Waals surface area contributed by atoms with E-state index in [1.54, 1.807) is 43.5 Å². The number of hydrogen-bond donors (Lipinski definition) is 5. The Morgan fingerprint density at radius 2 is 1.74 bits per heavy atom. The van der Waals surface area contributed by atoms with Crippen LogP contribution in [0.3, 0.4) is 0 Å². The molecule has 3 amide bonds. The molecule has 324 valence electrons. The number of carboxylic acids is 1. The highest BCUT2D eigenvalue weighted by Crippen LogP contribution is 2.33. The molecule has 1 fully saturated rings. The molecule has 14 heteroatoms. The van der Waals surface area contributed by atoms with Gasteiger partial charge in [-0.3, -0.25) is 24.0 Å². The van der Waals surface area contributed by atoms with Gasteiger partial charge in [-0.25, -0.2) is 4.98 Å². The molecule has 0 unspecified atom stereocenters. The van der Waals surface area contributed by atoms with Gasteiger partial charge < -0.3 is 35.8 Å². The Morgan fingerprint density at radius 1 is 1.05 bits per heavy atom. The normalized spacial score (nSPS) is 18.2. The van der Waals surface area contributed by atoms with E-state index < -0.39 is 47.5 Å². The van der Waals surface area contributed by atoms with Crippen molar-refractivity contribution in [1.29, 1.82) is 0 Å². The molecule has 0 bridgehead atoms. The number of aromatic hydroxyl groups is 1. The fourth-order valence-electron chi connectivity index (χ4n) is 7.67. The zero-order valence-corrected chi connectivity index (χ0v) is 37.0. The third kappa shape index (κ3) is 14.7. The van der Waals surface area contributed by atoms with Gasteiger partial charge in [-0.2, -0.15) is 0 Å². The second kappa shape index (κ2) is 22.4. The lowest BCUT2D eigenvalue weighted by Gasteiger charge is -2.39. The first-order valence-corrected chi connectivity index (χ1v) is 22.0. The third-order valence-electron chi connectivity index (χ3n) is 11.4. The number of thiazole rings is 1. The molecular weight excluding hydrogens is 759 g/mol. The van der Waals surface area contributed by atoms with Crippen molar-refractivity contribution in [1.82, 2.24) is 25.8 Å². The van der Waals surface area contributed by atoms with Crippen LogP contribution < -0.4 is 16.0 Å². The van der Waals surface area contributed by atoms with Crippen molar-refractivity contribution in [2.75, 3.05) is 13.1 Å². The summed E-state index contributed by atoms with van der Waals surface area (Å²) < 4.78 is 5.90. The first kappa shape index (κ1) is 48.3. The van der Waals surface area contributed by atoms with E-state index in [2.05, 4.69) is 27.9 Å². The number of nitrogens with one attached hydrogen (secondary N) is 3. The number of hydrogen-bond acceptors (Lipinski definition) is 10. The van der Waals surface area contributed by atoms with E-state index in [4.69, 9.17) is 4.74 Å². The zero-order valence-electron chi connectivity index (χ0n) is 36.2. The van der Waals surface area contributed by atoms with E-state index in [0.29, 0.717) is 24.4 Å². The number of phenols is 1. The summed E-state index contributed by atoms with van der Waals surface area (Å²) >= 11 is 1.18. The standard InChI is InChI=1S/C44H69N5O8S/c1-10-12-13-14-22-49(41(54)38(29(5)11-2)48-37(52)26-44(9)20-15-21-45-44)35(28(3)4)24-36(57-30(6)50)40-47-34(27-58-40)39(53)46-32(25-43(7,8)42(55)56)23-31-16-18-33(51)19-17-31/h16-19,27-29,32,35-36,38,45,51H,10-15,20-26H2,1-9H3,(H,46,53)(H,48,52)(H,55,56)/t29-,32-,35+,36+,38-,44+/m0/s1. The number of benzene rings is 1. The van der Waals surface area contributed by atoms with Crippen LogP contribution in [-0.4, -0.2) is 86.5 Å². The second-order valence-corrected chi connectivity index (χ2v) is 18.3. The first-order valence-electron chi connectivity index (χ1n) is 21.1. The van der Waals surface area contributed by atoms with Crippen molar-refractivity contribution in [2.24, 2.45) is 17.3 Å². The molecular formula is C44H69N5O8S. The van der Waals surface area contributed by atoms with Gasteiger partial charge in [-0.15, -0.1) is 11.3 Å². The van der Waals surface area contributed by atoms with E-state index >= 15 is 0 Å². The van der Waals surface area contributed by atoms with Crippen LogP contribution in [0, 0.1) is 17.3 Å². The number of carbonyl (C=O) groups is 5. The van der Waals surface area contributed by atoms with Crippen LogP contribution in [0.25, 0.3) is 0 Å². The van der Waals surface area contributed by atoms with Crippen LogP contribution in [0.2, 0.25) is 0 Å². The van der Waals surface area contributed by atoms with Crippen molar-refractivity contribution >= 4 is 41.0 Å². The molecule has 0 radical (unpaired) electrons. The lowest BCUT2D eigenvalue weighted by atomic mass is 9.84. The summed E-state index contributed by atoms with van der Waals surface area (Å²) in [4.78, 5) is 73.3. The van der Waals surface area contributed by atoms with E-state index in [1.165, 1.54) is 18.3 Å². The number of nitrogens with zero attached hydrogens (tertiary/aromatic N) is 2. The highest BCUT2D eigenvalue weighted by molar-refractivity contribution is 7.09. The van der Waals surface area contributed by atoms with Gasteiger partial charge >= 0.3 is 11.9 Å². The Kier molecular flexibility index (Phi) is 18.6. The summed E-state index contributed by atoms with van der Waals surface area (Å²) in [5.41, 5.74) is -0.547. The Hall–Kier alpha value is -4.04. The second-order valence-electron chi connectivity index (χ2n) is 17.4. The fourth-order valence-corrected chi connectivity index (χ4v) is 8.51. The lowest BCUT2D eigenvalue weighted by molar-refractivity contribution is -0.150. The largest absolute Gasteiger partial charge is 0.508 e. The number of esters is 1. The van der Waals surface area contributed by atoms with E-state index in [-0.39, 0.29) is 59.9 Å². The maximum atomic E-state index is 14.8. The van der Waals surface area contributed by atoms with E-state index in [1.807, 2.05) is 39.5 Å². The fraction of sp³-hybridized carbons (Fsp3) is 0.682. The Morgan fingerprint density at radius 3 is 2.31 bits per heavy atom. The molecule has 2 heterocycles. The number of aromatic nitrogens is 1. The maximum Gasteiger partial charge on any atom is 0.309 e. The van der Waals surface area contributed by atoms with Gasteiger partial charge in [0.05, 0.1) is 5.41 Å². The molecule has 1 aromatic carbocycles. The Balaban J connectivity index is 1.93. The smallest absolute Gasteiger partial charge is 0.309 e. The predicted molar refractivity (Wildman–Crippen MR) is 226 cm³/mol. The predicted octanol–water partition coefficient (Wildman–Crippen LogP) is 7.18. The number of ether oxygens (including phenoxy) is 1. The number of aliphatic carboxylic acids is 1. The number of carboxylic acid groups (broad SMARTS) is 1. The maximum absolute atomic E-state index is 14.8. The summed E-state index contributed by atoms with van der Waals surface area (Å²) in [5.74, 6) is -2.45. The topological polar surface area (TPSA) is 187 Å². The molecule has 5 N–H and O–H groups in total.